The van der Waals surface area contributed by atoms with Crippen LogP contribution in [0.1, 0.15) is 17.2 Å². The van der Waals surface area contributed by atoms with Gasteiger partial charge in [0, 0.05) is 10.8 Å². The molecular weight excluding hydrogens is 268 g/mol. The molecule has 1 aliphatic carbocycles. The monoisotopic (exact) mass is 276 g/mol. The van der Waals surface area contributed by atoms with Crippen molar-refractivity contribution in [2.45, 2.75) is 12.3 Å². The molecule has 1 heterocycles. The lowest BCUT2D eigenvalue weighted by molar-refractivity contribution is -0.138. The van der Waals surface area contributed by atoms with Gasteiger partial charge in [-0.2, -0.15) is 0 Å². The summed E-state index contributed by atoms with van der Waals surface area (Å²) in [5.74, 6) is -0.693. The molecule has 76 valence electrons. The number of hydrogen-bond donors (Lipinski definition) is 1. The zero-order valence-corrected chi connectivity index (χ0v) is 9.89. The zero-order chi connectivity index (χ0) is 10.3. The van der Waals surface area contributed by atoms with E-state index >= 15 is 0 Å². The minimum absolute atomic E-state index is 0.190. The fraction of sp³-hybridized carbons (Fsp3) is 0.444. The molecule has 0 radical (unpaired) electrons. The van der Waals surface area contributed by atoms with Crippen molar-refractivity contribution in [3.05, 3.63) is 15.4 Å². The lowest BCUT2D eigenvalue weighted by atomic mass is 10.3. The van der Waals surface area contributed by atoms with Gasteiger partial charge >= 0.3 is 5.97 Å². The van der Waals surface area contributed by atoms with E-state index in [1.807, 2.05) is 6.07 Å². The van der Waals surface area contributed by atoms with E-state index in [0.29, 0.717) is 0 Å². The summed E-state index contributed by atoms with van der Waals surface area (Å²) in [5.41, 5.74) is 0. The number of aliphatic carboxylic acids is 1. The van der Waals surface area contributed by atoms with Gasteiger partial charge in [-0.15, -0.1) is 11.3 Å². The van der Waals surface area contributed by atoms with Gasteiger partial charge in [-0.3, -0.25) is 4.79 Å². The van der Waals surface area contributed by atoms with Crippen LogP contribution in [0.4, 0.5) is 0 Å². The molecule has 0 aliphatic heterocycles. The maximum atomic E-state index is 10.7. The molecule has 1 aromatic rings. The largest absolute Gasteiger partial charge is 0.486 e. The standard InChI is InChI=1S/C9H9BrO3S/c1-13-9-6(10)3-7(14-9)4-2-5(4)8(11)12/h3-5H,2H2,1H3,(H,11,12). The highest BCUT2D eigenvalue weighted by atomic mass is 79.9. The molecular formula is C9H9BrO3S. The number of carbonyl (C=O) groups is 1. The first kappa shape index (κ1) is 9.98. The zero-order valence-electron chi connectivity index (χ0n) is 7.49. The van der Waals surface area contributed by atoms with Crippen molar-refractivity contribution in [3.63, 3.8) is 0 Å². The number of hydrogen-bond acceptors (Lipinski definition) is 3. The molecule has 0 saturated heterocycles. The van der Waals surface area contributed by atoms with Gasteiger partial charge in [0.15, 0.2) is 5.06 Å². The normalized spacial score (nSPS) is 24.7. The third-order valence-corrected chi connectivity index (χ3v) is 4.41. The Morgan fingerprint density at radius 3 is 2.93 bits per heavy atom. The van der Waals surface area contributed by atoms with Crippen molar-refractivity contribution < 1.29 is 14.6 Å². The Hall–Kier alpha value is -0.550. The van der Waals surface area contributed by atoms with E-state index in [4.69, 9.17) is 9.84 Å². The summed E-state index contributed by atoms with van der Waals surface area (Å²) in [6.07, 6.45) is 0.755. The van der Waals surface area contributed by atoms with Gasteiger partial charge in [0.05, 0.1) is 17.5 Å². The Kier molecular flexibility index (Phi) is 2.53. The molecule has 1 fully saturated rings. The fourth-order valence-corrected chi connectivity index (χ4v) is 3.32. The number of thiophene rings is 1. The number of ether oxygens (including phenoxy) is 1. The van der Waals surface area contributed by atoms with Crippen LogP contribution in [0.5, 0.6) is 5.06 Å². The highest BCUT2D eigenvalue weighted by Crippen LogP contribution is 2.52. The summed E-state index contributed by atoms with van der Waals surface area (Å²) in [6, 6.07) is 1.96. The number of halogens is 1. The Balaban J connectivity index is 2.15. The lowest BCUT2D eigenvalue weighted by Gasteiger charge is -1.92. The molecule has 1 saturated carbocycles. The first-order valence-electron chi connectivity index (χ1n) is 4.19. The quantitative estimate of drug-likeness (QED) is 0.924. The highest BCUT2D eigenvalue weighted by Gasteiger charge is 2.45. The van der Waals surface area contributed by atoms with Gasteiger partial charge in [0.25, 0.3) is 0 Å². The minimum atomic E-state index is -0.696. The van der Waals surface area contributed by atoms with Crippen LogP contribution in [0.2, 0.25) is 0 Å². The second-order valence-electron chi connectivity index (χ2n) is 3.28. The molecule has 2 atom stereocenters. The molecule has 0 aromatic carbocycles. The first-order valence-corrected chi connectivity index (χ1v) is 5.80. The number of carboxylic acids is 1. The molecule has 1 aliphatic rings. The Labute approximate surface area is 93.8 Å². The van der Waals surface area contributed by atoms with Crippen LogP contribution in [-0.2, 0) is 4.79 Å². The van der Waals surface area contributed by atoms with Crippen LogP contribution < -0.4 is 4.74 Å². The molecule has 5 heteroatoms. The summed E-state index contributed by atoms with van der Waals surface area (Å²) >= 11 is 4.89. The molecule has 0 spiro atoms. The predicted molar refractivity (Wildman–Crippen MR) is 57.1 cm³/mol. The smallest absolute Gasteiger partial charge is 0.307 e. The molecule has 14 heavy (non-hydrogen) atoms. The van der Waals surface area contributed by atoms with Crippen LogP contribution in [0.3, 0.4) is 0 Å². The van der Waals surface area contributed by atoms with Crippen molar-refractivity contribution in [3.8, 4) is 5.06 Å². The summed E-state index contributed by atoms with van der Waals surface area (Å²) in [6.45, 7) is 0. The third kappa shape index (κ3) is 1.66. The Morgan fingerprint density at radius 2 is 2.50 bits per heavy atom. The first-order chi connectivity index (χ1) is 6.63. The molecule has 1 aromatic heterocycles. The number of methoxy groups -OCH3 is 1. The Morgan fingerprint density at radius 1 is 1.79 bits per heavy atom. The summed E-state index contributed by atoms with van der Waals surface area (Å²) in [7, 11) is 1.61. The second kappa shape index (κ2) is 3.55. The van der Waals surface area contributed by atoms with Crippen molar-refractivity contribution in [1.29, 1.82) is 0 Å². The fourth-order valence-electron chi connectivity index (χ4n) is 1.47. The number of carboxylic acid groups (broad SMARTS) is 1. The molecule has 1 N–H and O–H groups in total. The lowest BCUT2D eigenvalue weighted by Crippen LogP contribution is -1.97. The minimum Gasteiger partial charge on any atom is -0.486 e. The van der Waals surface area contributed by atoms with Crippen molar-refractivity contribution in [1.82, 2.24) is 0 Å². The van der Waals surface area contributed by atoms with Crippen LogP contribution in [0.25, 0.3) is 0 Å². The van der Waals surface area contributed by atoms with E-state index in [2.05, 4.69) is 15.9 Å². The Bertz CT molecular complexity index is 374. The molecule has 3 nitrogen and oxygen atoms in total. The van der Waals surface area contributed by atoms with E-state index in [0.717, 1.165) is 20.8 Å². The highest BCUT2D eigenvalue weighted by molar-refractivity contribution is 9.10. The van der Waals surface area contributed by atoms with E-state index < -0.39 is 5.97 Å². The second-order valence-corrected chi connectivity index (χ2v) is 5.18. The van der Waals surface area contributed by atoms with Gasteiger partial charge < -0.3 is 9.84 Å². The van der Waals surface area contributed by atoms with Gasteiger partial charge in [-0.1, -0.05) is 0 Å². The van der Waals surface area contributed by atoms with Crippen LogP contribution >= 0.6 is 27.3 Å². The van der Waals surface area contributed by atoms with Crippen LogP contribution in [-0.4, -0.2) is 18.2 Å². The average Bonchev–Trinajstić information content (AvgIpc) is 2.85. The van der Waals surface area contributed by atoms with Crippen molar-refractivity contribution >= 4 is 33.2 Å². The van der Waals surface area contributed by atoms with E-state index in [9.17, 15) is 4.79 Å². The average molecular weight is 277 g/mol. The van der Waals surface area contributed by atoms with Gasteiger partial charge in [-0.25, -0.2) is 0 Å². The van der Waals surface area contributed by atoms with Crippen LogP contribution in [0, 0.1) is 5.92 Å². The van der Waals surface area contributed by atoms with Gasteiger partial charge in [0.2, 0.25) is 0 Å². The van der Waals surface area contributed by atoms with Crippen molar-refractivity contribution in [2.75, 3.05) is 7.11 Å². The maximum absolute atomic E-state index is 10.7. The van der Waals surface area contributed by atoms with Gasteiger partial charge in [-0.05, 0) is 28.4 Å². The maximum Gasteiger partial charge on any atom is 0.307 e. The van der Waals surface area contributed by atoms with Gasteiger partial charge in [0.1, 0.15) is 0 Å². The summed E-state index contributed by atoms with van der Waals surface area (Å²) in [4.78, 5) is 11.8. The SMILES string of the molecule is COc1sc(C2CC2C(=O)O)cc1Br. The predicted octanol–water partition coefficient (Wildman–Crippen LogP) is 2.71. The van der Waals surface area contributed by atoms with Crippen LogP contribution in [0.15, 0.2) is 10.5 Å². The number of rotatable bonds is 3. The molecule has 2 rings (SSSR count). The topological polar surface area (TPSA) is 46.5 Å². The van der Waals surface area contributed by atoms with Crippen molar-refractivity contribution in [2.24, 2.45) is 5.92 Å². The third-order valence-electron chi connectivity index (χ3n) is 2.33. The molecule has 0 bridgehead atoms. The summed E-state index contributed by atoms with van der Waals surface area (Å²) < 4.78 is 6.04. The van der Waals surface area contributed by atoms with E-state index in [-0.39, 0.29) is 11.8 Å². The van der Waals surface area contributed by atoms with E-state index in [1.54, 1.807) is 7.11 Å². The molecule has 2 unspecified atom stereocenters. The summed E-state index contributed by atoms with van der Waals surface area (Å²) in [5, 5.41) is 9.60. The molecule has 0 amide bonds. The van der Waals surface area contributed by atoms with E-state index in [1.165, 1.54) is 11.3 Å².